The molecular weight excluding hydrogens is 715 g/mol. The maximum absolute atomic E-state index is 12.7. The monoisotopic (exact) mass is 796 g/mol. The van der Waals surface area contributed by atoms with Crippen molar-refractivity contribution in [2.24, 2.45) is 0 Å². The van der Waals surface area contributed by atoms with Crippen molar-refractivity contribution in [3.63, 3.8) is 0 Å². The predicted molar refractivity (Wildman–Crippen MR) is 235 cm³/mol. The topological polar surface area (TPSA) is 102 Å². The molecule has 0 aliphatic heterocycles. The second-order valence-electron chi connectivity index (χ2n) is 15.7. The molecule has 0 amide bonds. The molecule has 0 aromatic rings. The fraction of sp³-hybridized carbons (Fsp3) is 0.653. The highest BCUT2D eigenvalue weighted by molar-refractivity contribution is 5.70. The lowest BCUT2D eigenvalue weighted by molar-refractivity contribution is -0.889. The molecule has 0 N–H and O–H groups in total. The van der Waals surface area contributed by atoms with E-state index in [2.05, 4.69) is 68.5 Å². The standard InChI is InChI=1S/C49H81NO7/c1-6-8-10-12-14-16-18-20-22-23-24-26-27-29-31-33-35-37-39-47(51)56-44-45(43-55-42-41-46(49(53)54)50(3,4)5)57-48(52)40-38-36-34-32-30-28-25-21-19-17-15-13-11-9-7-2/h9,11,13,15,17-26,45-46H,6-8,10,12,14,16,27-44H2,1-5H3/b11-9+,15-13+,19-17+,20-18+,23-22+,25-21+,26-24+. The van der Waals surface area contributed by atoms with Gasteiger partial charge in [0.1, 0.15) is 12.6 Å². The van der Waals surface area contributed by atoms with Crippen LogP contribution >= 0.6 is 0 Å². The Bertz CT molecular complexity index is 1200. The molecular formula is C49H81NO7. The summed E-state index contributed by atoms with van der Waals surface area (Å²) in [4.78, 5) is 36.9. The van der Waals surface area contributed by atoms with E-state index in [0.29, 0.717) is 6.42 Å². The van der Waals surface area contributed by atoms with Crippen molar-refractivity contribution < 1.29 is 38.2 Å². The molecule has 57 heavy (non-hydrogen) atoms. The van der Waals surface area contributed by atoms with E-state index in [1.807, 2.05) is 30.4 Å². The highest BCUT2D eigenvalue weighted by atomic mass is 16.6. The van der Waals surface area contributed by atoms with Gasteiger partial charge in [0.25, 0.3) is 0 Å². The van der Waals surface area contributed by atoms with Crippen molar-refractivity contribution in [2.45, 2.75) is 167 Å². The number of hydrogen-bond donors (Lipinski definition) is 0. The molecule has 0 radical (unpaired) electrons. The Hall–Kier alpha value is -3.49. The molecule has 0 bridgehead atoms. The number of ether oxygens (including phenoxy) is 3. The predicted octanol–water partition coefficient (Wildman–Crippen LogP) is 10.8. The van der Waals surface area contributed by atoms with Crippen molar-refractivity contribution in [3.05, 3.63) is 85.1 Å². The zero-order valence-corrected chi connectivity index (χ0v) is 36.7. The van der Waals surface area contributed by atoms with E-state index in [-0.39, 0.29) is 49.1 Å². The minimum atomic E-state index is -1.14. The summed E-state index contributed by atoms with van der Waals surface area (Å²) in [5.74, 6) is -1.80. The zero-order chi connectivity index (χ0) is 42.1. The SMILES string of the molecule is CC/C=C/C=C/C=C/C=C/CCCCCCCC(=O)OC(COCCC(C(=O)[O-])[N+](C)(C)C)COC(=O)CCCCCCC/C=C/C=C/C=C/CCCCCCC. The largest absolute Gasteiger partial charge is 0.544 e. The van der Waals surface area contributed by atoms with Gasteiger partial charge in [-0.2, -0.15) is 0 Å². The minimum absolute atomic E-state index is 0.0188. The van der Waals surface area contributed by atoms with Crippen LogP contribution in [0.5, 0.6) is 0 Å². The van der Waals surface area contributed by atoms with E-state index in [9.17, 15) is 19.5 Å². The smallest absolute Gasteiger partial charge is 0.306 e. The zero-order valence-electron chi connectivity index (χ0n) is 36.7. The number of aliphatic carboxylic acids is 1. The Morgan fingerprint density at radius 2 is 0.982 bits per heavy atom. The Kier molecular flexibility index (Phi) is 36.9. The highest BCUT2D eigenvalue weighted by Gasteiger charge is 2.25. The number of carbonyl (C=O) groups is 3. The quantitative estimate of drug-likeness (QED) is 0.0265. The Labute approximate surface area is 348 Å². The van der Waals surface area contributed by atoms with Gasteiger partial charge in [-0.1, -0.05) is 163 Å². The maximum atomic E-state index is 12.7. The van der Waals surface area contributed by atoms with E-state index in [1.54, 1.807) is 21.1 Å². The van der Waals surface area contributed by atoms with Crippen LogP contribution in [0, 0.1) is 0 Å². The van der Waals surface area contributed by atoms with Gasteiger partial charge < -0.3 is 28.6 Å². The first kappa shape index (κ1) is 53.5. The number of carboxylic acid groups (broad SMARTS) is 1. The molecule has 2 atom stereocenters. The summed E-state index contributed by atoms with van der Waals surface area (Å²) in [5.41, 5.74) is 0. The third kappa shape index (κ3) is 37.8. The first-order valence-corrected chi connectivity index (χ1v) is 22.2. The molecule has 8 nitrogen and oxygen atoms in total. The molecule has 0 aliphatic carbocycles. The van der Waals surface area contributed by atoms with Crippen LogP contribution in [0.1, 0.15) is 155 Å². The number of carboxylic acids is 1. The molecule has 0 fully saturated rings. The summed E-state index contributed by atoms with van der Waals surface area (Å²) < 4.78 is 17.1. The maximum Gasteiger partial charge on any atom is 0.306 e. The van der Waals surface area contributed by atoms with Gasteiger partial charge in [0.05, 0.1) is 40.3 Å². The number of carbonyl (C=O) groups excluding carboxylic acids is 3. The van der Waals surface area contributed by atoms with Gasteiger partial charge in [-0.25, -0.2) is 0 Å². The normalized spacial score (nSPS) is 13.8. The van der Waals surface area contributed by atoms with Crippen LogP contribution in [-0.2, 0) is 28.6 Å². The summed E-state index contributed by atoms with van der Waals surface area (Å²) in [6.45, 7) is 4.44. The van der Waals surface area contributed by atoms with Gasteiger partial charge in [-0.05, 0) is 57.8 Å². The number of esters is 2. The number of quaternary nitrogens is 1. The molecule has 0 saturated carbocycles. The Morgan fingerprint density at radius 1 is 0.544 bits per heavy atom. The third-order valence-electron chi connectivity index (χ3n) is 9.42. The average Bonchev–Trinajstić information content (AvgIpc) is 3.17. The number of nitrogens with zero attached hydrogens (tertiary/aromatic N) is 1. The van der Waals surface area contributed by atoms with Crippen LogP contribution in [0.25, 0.3) is 0 Å². The first-order chi connectivity index (χ1) is 27.6. The van der Waals surface area contributed by atoms with Crippen LogP contribution in [-0.4, -0.2) is 75.5 Å². The first-order valence-electron chi connectivity index (χ1n) is 22.2. The summed E-state index contributed by atoms with van der Waals surface area (Å²) in [6.07, 6.45) is 50.3. The number of rotatable bonds is 38. The molecule has 0 saturated heterocycles. The van der Waals surface area contributed by atoms with E-state index in [1.165, 1.54) is 32.1 Å². The number of hydrogen-bond acceptors (Lipinski definition) is 7. The summed E-state index contributed by atoms with van der Waals surface area (Å²) in [6, 6.07) is -0.738. The van der Waals surface area contributed by atoms with Gasteiger partial charge in [0.15, 0.2) is 6.10 Å². The molecule has 0 rings (SSSR count). The third-order valence-corrected chi connectivity index (χ3v) is 9.42. The van der Waals surface area contributed by atoms with Gasteiger partial charge in [0.2, 0.25) is 0 Å². The van der Waals surface area contributed by atoms with Gasteiger partial charge in [-0.15, -0.1) is 0 Å². The second kappa shape index (κ2) is 39.3. The molecule has 0 aromatic heterocycles. The lowest BCUT2D eigenvalue weighted by Crippen LogP contribution is -2.55. The summed E-state index contributed by atoms with van der Waals surface area (Å²) >= 11 is 0. The summed E-state index contributed by atoms with van der Waals surface area (Å²) in [5, 5.41) is 11.6. The van der Waals surface area contributed by atoms with Crippen molar-refractivity contribution >= 4 is 17.9 Å². The van der Waals surface area contributed by atoms with E-state index < -0.39 is 18.1 Å². The van der Waals surface area contributed by atoms with Crippen LogP contribution < -0.4 is 5.11 Å². The van der Waals surface area contributed by atoms with Gasteiger partial charge in [0, 0.05) is 19.3 Å². The van der Waals surface area contributed by atoms with E-state index in [4.69, 9.17) is 14.2 Å². The fourth-order valence-corrected chi connectivity index (χ4v) is 5.96. The average molecular weight is 796 g/mol. The van der Waals surface area contributed by atoms with E-state index >= 15 is 0 Å². The number of allylic oxidation sites excluding steroid dienone is 14. The minimum Gasteiger partial charge on any atom is -0.544 e. The van der Waals surface area contributed by atoms with Crippen LogP contribution in [0.15, 0.2) is 85.1 Å². The molecule has 0 spiro atoms. The van der Waals surface area contributed by atoms with Crippen LogP contribution in [0.4, 0.5) is 0 Å². The number of likely N-dealkylation sites (N-methyl/N-ethyl adjacent to an activating group) is 1. The number of unbranched alkanes of at least 4 members (excludes halogenated alkanes) is 15. The van der Waals surface area contributed by atoms with Crippen LogP contribution in [0.2, 0.25) is 0 Å². The van der Waals surface area contributed by atoms with Crippen molar-refractivity contribution in [1.29, 1.82) is 0 Å². The second-order valence-corrected chi connectivity index (χ2v) is 15.7. The fourth-order valence-electron chi connectivity index (χ4n) is 5.96. The molecule has 0 aromatic carbocycles. The lowest BCUT2D eigenvalue weighted by Gasteiger charge is -2.34. The van der Waals surface area contributed by atoms with E-state index in [0.717, 1.165) is 89.9 Å². The molecule has 324 valence electrons. The van der Waals surface area contributed by atoms with Gasteiger partial charge >= 0.3 is 11.9 Å². The van der Waals surface area contributed by atoms with Crippen molar-refractivity contribution in [2.75, 3.05) is 41.0 Å². The van der Waals surface area contributed by atoms with Crippen molar-refractivity contribution in [3.8, 4) is 0 Å². The Balaban J connectivity index is 4.44. The molecule has 0 heterocycles. The summed E-state index contributed by atoms with van der Waals surface area (Å²) in [7, 11) is 5.38. The van der Waals surface area contributed by atoms with Crippen molar-refractivity contribution in [1.82, 2.24) is 0 Å². The molecule has 0 aliphatic rings. The lowest BCUT2D eigenvalue weighted by atomic mass is 10.1. The molecule has 2 unspecified atom stereocenters. The molecule has 8 heteroatoms. The highest BCUT2D eigenvalue weighted by Crippen LogP contribution is 2.12. The Morgan fingerprint density at radius 3 is 1.46 bits per heavy atom. The van der Waals surface area contributed by atoms with Gasteiger partial charge in [-0.3, -0.25) is 9.59 Å². The van der Waals surface area contributed by atoms with Crippen LogP contribution in [0.3, 0.4) is 0 Å².